The highest BCUT2D eigenvalue weighted by molar-refractivity contribution is 5.75. The molecule has 2 fully saturated rings. The molecule has 154 valence electrons. The fraction of sp³-hybridized carbons (Fsp3) is 0.739. The third kappa shape index (κ3) is 2.94. The molecule has 0 aromatic rings. The van der Waals surface area contributed by atoms with Gasteiger partial charge in [-0.3, -0.25) is 9.59 Å². The molecular weight excluding hydrogens is 352 g/mol. The van der Waals surface area contributed by atoms with Gasteiger partial charge in [-0.2, -0.15) is 0 Å². The highest BCUT2D eigenvalue weighted by Gasteiger charge is 2.60. The van der Waals surface area contributed by atoms with E-state index in [-0.39, 0.29) is 34.8 Å². The van der Waals surface area contributed by atoms with Crippen LogP contribution in [-0.2, 0) is 9.59 Å². The van der Waals surface area contributed by atoms with Crippen LogP contribution in [0.1, 0.15) is 59.8 Å². The van der Waals surface area contributed by atoms with Gasteiger partial charge in [0.1, 0.15) is 0 Å². The van der Waals surface area contributed by atoms with Crippen LogP contribution >= 0.6 is 0 Å². The van der Waals surface area contributed by atoms with E-state index >= 15 is 0 Å². The molecule has 0 aromatic carbocycles. The van der Waals surface area contributed by atoms with Crippen molar-refractivity contribution in [3.8, 4) is 0 Å². The van der Waals surface area contributed by atoms with Crippen LogP contribution in [0.2, 0.25) is 0 Å². The standard InChI is InChI=1S/C23H34N2O3/c1-13(26)24-19-12-15-11-16(28)7-9-22(15,3)18-8-10-23(4)17(21(18)19)5-6-20(23)25-14(2)27/h6-7,9,15-19,21,28H,5,8,10-12H2,1-4H3,(H,24,26)(H,25,27)/t15?,16-,17-,18-,19-,21-,22-,23-/m0/s1. The Morgan fingerprint density at radius 1 is 1.14 bits per heavy atom. The van der Waals surface area contributed by atoms with Crippen molar-refractivity contribution in [2.75, 3.05) is 0 Å². The summed E-state index contributed by atoms with van der Waals surface area (Å²) in [6.07, 6.45) is 10.9. The zero-order chi connectivity index (χ0) is 20.3. The average Bonchev–Trinajstić information content (AvgIpc) is 2.92. The largest absolute Gasteiger partial charge is 0.389 e. The van der Waals surface area contributed by atoms with E-state index in [2.05, 4.69) is 36.6 Å². The molecule has 4 aliphatic carbocycles. The molecule has 0 saturated heterocycles. The number of aliphatic hydroxyl groups excluding tert-OH is 1. The first kappa shape index (κ1) is 19.7. The van der Waals surface area contributed by atoms with Crippen molar-refractivity contribution in [1.82, 2.24) is 10.6 Å². The number of hydrogen-bond acceptors (Lipinski definition) is 3. The molecular formula is C23H34N2O3. The summed E-state index contributed by atoms with van der Waals surface area (Å²) in [5.74, 6) is 1.69. The first-order valence-corrected chi connectivity index (χ1v) is 10.8. The van der Waals surface area contributed by atoms with Gasteiger partial charge in [0.05, 0.1) is 6.10 Å². The van der Waals surface area contributed by atoms with Crippen molar-refractivity contribution in [2.45, 2.75) is 71.9 Å². The monoisotopic (exact) mass is 386 g/mol. The Balaban J connectivity index is 1.71. The van der Waals surface area contributed by atoms with Gasteiger partial charge in [0.15, 0.2) is 0 Å². The molecule has 5 nitrogen and oxygen atoms in total. The van der Waals surface area contributed by atoms with E-state index in [0.29, 0.717) is 23.7 Å². The quantitative estimate of drug-likeness (QED) is 0.639. The number of rotatable bonds is 2. The lowest BCUT2D eigenvalue weighted by Crippen LogP contribution is -2.61. The molecule has 2 saturated carbocycles. The van der Waals surface area contributed by atoms with Crippen molar-refractivity contribution in [3.63, 3.8) is 0 Å². The van der Waals surface area contributed by atoms with Crippen LogP contribution in [0.3, 0.4) is 0 Å². The molecule has 0 radical (unpaired) electrons. The van der Waals surface area contributed by atoms with Gasteiger partial charge in [-0.1, -0.05) is 32.1 Å². The number of carbonyl (C=O) groups is 2. The van der Waals surface area contributed by atoms with Crippen molar-refractivity contribution in [2.24, 2.45) is 34.5 Å². The van der Waals surface area contributed by atoms with Crippen LogP contribution in [0.5, 0.6) is 0 Å². The summed E-state index contributed by atoms with van der Waals surface area (Å²) in [5, 5.41) is 16.6. The van der Waals surface area contributed by atoms with E-state index in [0.717, 1.165) is 37.8 Å². The van der Waals surface area contributed by atoms with Gasteiger partial charge in [0.2, 0.25) is 11.8 Å². The highest BCUT2D eigenvalue weighted by Crippen LogP contribution is 2.65. The maximum Gasteiger partial charge on any atom is 0.221 e. The van der Waals surface area contributed by atoms with E-state index in [4.69, 9.17) is 0 Å². The zero-order valence-corrected chi connectivity index (χ0v) is 17.5. The van der Waals surface area contributed by atoms with Crippen LogP contribution in [0.4, 0.5) is 0 Å². The molecule has 0 aromatic heterocycles. The minimum atomic E-state index is -0.374. The predicted octanol–water partition coefficient (Wildman–Crippen LogP) is 2.91. The fourth-order valence-electron chi connectivity index (χ4n) is 7.17. The minimum Gasteiger partial charge on any atom is -0.389 e. The third-order valence-electron chi connectivity index (χ3n) is 8.50. The number of aliphatic hydroxyl groups is 1. The molecule has 28 heavy (non-hydrogen) atoms. The third-order valence-corrected chi connectivity index (χ3v) is 8.50. The Bertz CT molecular complexity index is 744. The van der Waals surface area contributed by atoms with Gasteiger partial charge in [0, 0.05) is 31.0 Å². The maximum atomic E-state index is 12.0. The number of amides is 2. The second-order valence-electron chi connectivity index (χ2n) is 10.0. The summed E-state index contributed by atoms with van der Waals surface area (Å²) in [6, 6.07) is 0.133. The molecule has 0 heterocycles. The molecule has 4 rings (SSSR count). The van der Waals surface area contributed by atoms with E-state index in [1.165, 1.54) is 0 Å². The summed E-state index contributed by atoms with van der Waals surface area (Å²) in [5.41, 5.74) is 1.11. The number of nitrogens with one attached hydrogen (secondary N) is 2. The molecule has 8 atom stereocenters. The van der Waals surface area contributed by atoms with Gasteiger partial charge in [-0.15, -0.1) is 0 Å². The normalized spacial score (nSPS) is 46.7. The Morgan fingerprint density at radius 3 is 2.57 bits per heavy atom. The molecule has 3 N–H and O–H groups in total. The molecule has 1 unspecified atom stereocenters. The predicted molar refractivity (Wildman–Crippen MR) is 108 cm³/mol. The number of hydrogen-bond donors (Lipinski definition) is 3. The average molecular weight is 387 g/mol. The van der Waals surface area contributed by atoms with E-state index in [1.54, 1.807) is 13.8 Å². The SMILES string of the molecule is CC(=O)NC1=CC[C@H]2[C@@H]3[C@@H](NC(C)=O)CC4C[C@@H](O)C=C[C@]4(C)[C@H]3CC[C@]12C. The first-order valence-electron chi connectivity index (χ1n) is 10.8. The van der Waals surface area contributed by atoms with Crippen LogP contribution < -0.4 is 10.6 Å². The van der Waals surface area contributed by atoms with Crippen LogP contribution in [0, 0.1) is 34.5 Å². The van der Waals surface area contributed by atoms with E-state index < -0.39 is 0 Å². The number of allylic oxidation sites excluding steroid dienone is 3. The smallest absolute Gasteiger partial charge is 0.221 e. The lowest BCUT2D eigenvalue weighted by atomic mass is 9.45. The minimum absolute atomic E-state index is 0.00599. The Hall–Kier alpha value is -1.62. The summed E-state index contributed by atoms with van der Waals surface area (Å²) in [6.45, 7) is 7.84. The number of carbonyl (C=O) groups excluding carboxylic acids is 2. The van der Waals surface area contributed by atoms with Gasteiger partial charge in [-0.25, -0.2) is 0 Å². The van der Waals surface area contributed by atoms with Crippen molar-refractivity contribution in [3.05, 3.63) is 23.9 Å². The lowest BCUT2D eigenvalue weighted by molar-refractivity contribution is -0.126. The highest BCUT2D eigenvalue weighted by atomic mass is 16.3. The molecule has 0 aliphatic heterocycles. The molecule has 0 bridgehead atoms. The Labute approximate surface area is 168 Å². The van der Waals surface area contributed by atoms with Crippen LogP contribution in [0.15, 0.2) is 23.9 Å². The second-order valence-corrected chi connectivity index (χ2v) is 10.0. The first-order chi connectivity index (χ1) is 13.1. The zero-order valence-electron chi connectivity index (χ0n) is 17.5. The Kier molecular flexibility index (Phi) is 4.72. The molecule has 5 heteroatoms. The summed E-state index contributed by atoms with van der Waals surface area (Å²) >= 11 is 0. The molecule has 0 spiro atoms. The topological polar surface area (TPSA) is 78.4 Å². The van der Waals surface area contributed by atoms with Gasteiger partial charge >= 0.3 is 0 Å². The number of fused-ring (bicyclic) bond motifs is 5. The van der Waals surface area contributed by atoms with Crippen LogP contribution in [-0.4, -0.2) is 29.1 Å². The second kappa shape index (κ2) is 6.72. The Morgan fingerprint density at radius 2 is 1.89 bits per heavy atom. The van der Waals surface area contributed by atoms with Gasteiger partial charge in [-0.05, 0) is 61.2 Å². The maximum absolute atomic E-state index is 12.0. The van der Waals surface area contributed by atoms with Crippen molar-refractivity contribution in [1.29, 1.82) is 0 Å². The van der Waals surface area contributed by atoms with Crippen molar-refractivity contribution < 1.29 is 14.7 Å². The van der Waals surface area contributed by atoms with E-state index in [1.807, 2.05) is 6.08 Å². The summed E-state index contributed by atoms with van der Waals surface area (Å²) in [7, 11) is 0. The molecule has 4 aliphatic rings. The van der Waals surface area contributed by atoms with Gasteiger partial charge < -0.3 is 15.7 Å². The van der Waals surface area contributed by atoms with E-state index in [9.17, 15) is 14.7 Å². The van der Waals surface area contributed by atoms with Crippen molar-refractivity contribution >= 4 is 11.8 Å². The fourth-order valence-corrected chi connectivity index (χ4v) is 7.17. The lowest BCUT2D eigenvalue weighted by Gasteiger charge is -2.61. The summed E-state index contributed by atoms with van der Waals surface area (Å²) < 4.78 is 0. The van der Waals surface area contributed by atoms with Crippen LogP contribution in [0.25, 0.3) is 0 Å². The van der Waals surface area contributed by atoms with Gasteiger partial charge in [0.25, 0.3) is 0 Å². The molecule has 2 amide bonds. The summed E-state index contributed by atoms with van der Waals surface area (Å²) in [4.78, 5) is 23.8.